The maximum atomic E-state index is 14.3. The van der Waals surface area contributed by atoms with Crippen molar-refractivity contribution >= 4 is 23.0 Å². The van der Waals surface area contributed by atoms with E-state index in [1.54, 1.807) is 31.3 Å². The molecule has 3 heterocycles. The summed E-state index contributed by atoms with van der Waals surface area (Å²) < 4.78 is 22.0. The number of ether oxygens (including phenoxy) is 1. The monoisotopic (exact) mass is 502 g/mol. The van der Waals surface area contributed by atoms with E-state index in [1.807, 2.05) is 34.6 Å². The van der Waals surface area contributed by atoms with Crippen LogP contribution in [0.2, 0.25) is 5.02 Å². The SMILES string of the molecule is CC#CC(=O)N1CCCCC1c1nc(-c2ccc(Oc3cccc(Cl)c3F)cc2)c2c(C)nccn12. The number of halogens is 2. The molecule has 0 saturated carbocycles. The minimum Gasteiger partial charge on any atom is -0.454 e. The first-order valence-corrected chi connectivity index (χ1v) is 12.1. The van der Waals surface area contributed by atoms with Crippen LogP contribution in [0, 0.1) is 24.6 Å². The van der Waals surface area contributed by atoms with Crippen molar-refractivity contribution < 1.29 is 13.9 Å². The Bertz CT molecular complexity index is 1500. The fraction of sp³-hybridized carbons (Fsp3) is 0.250. The fourth-order valence-corrected chi connectivity index (χ4v) is 4.81. The van der Waals surface area contributed by atoms with Gasteiger partial charge in [0.05, 0.1) is 28.0 Å². The summed E-state index contributed by atoms with van der Waals surface area (Å²) in [6, 6.07) is 11.7. The number of benzene rings is 2. The summed E-state index contributed by atoms with van der Waals surface area (Å²) in [6.45, 7) is 4.26. The van der Waals surface area contributed by atoms with E-state index >= 15 is 0 Å². The zero-order valence-electron chi connectivity index (χ0n) is 20.0. The van der Waals surface area contributed by atoms with Crippen LogP contribution in [0.5, 0.6) is 11.5 Å². The molecule has 1 unspecified atom stereocenters. The summed E-state index contributed by atoms with van der Waals surface area (Å²) in [5, 5.41) is 0.00395. The molecule has 6 nitrogen and oxygen atoms in total. The third kappa shape index (κ3) is 4.40. The standard InChI is InChI=1S/C28H24ClFN4O2/c1-3-7-24(35)33-16-5-4-9-22(33)28-32-26(27-18(2)31-15-17-34(27)28)19-11-13-20(14-12-19)36-23-10-6-8-21(29)25(23)30/h6,8,10-15,17,22H,4-5,9,16H2,1-2H3. The molecule has 2 aromatic heterocycles. The first kappa shape index (κ1) is 23.8. The number of rotatable bonds is 4. The van der Waals surface area contributed by atoms with Crippen LogP contribution in [0.15, 0.2) is 54.9 Å². The summed E-state index contributed by atoms with van der Waals surface area (Å²) in [5.74, 6) is 5.95. The number of imidazole rings is 1. The third-order valence-electron chi connectivity index (χ3n) is 6.33. The third-order valence-corrected chi connectivity index (χ3v) is 6.62. The molecule has 1 aliphatic rings. The molecule has 0 radical (unpaired) electrons. The molecule has 8 heteroatoms. The van der Waals surface area contributed by atoms with Crippen LogP contribution in [-0.2, 0) is 4.79 Å². The van der Waals surface area contributed by atoms with E-state index in [-0.39, 0.29) is 22.7 Å². The molecule has 182 valence electrons. The lowest BCUT2D eigenvalue weighted by Gasteiger charge is -2.33. The van der Waals surface area contributed by atoms with Gasteiger partial charge in [-0.2, -0.15) is 0 Å². The largest absolute Gasteiger partial charge is 0.454 e. The molecule has 1 saturated heterocycles. The minimum absolute atomic E-state index is 0.00395. The molecule has 5 rings (SSSR count). The zero-order chi connectivity index (χ0) is 25.2. The second-order valence-corrected chi connectivity index (χ2v) is 9.02. The number of likely N-dealkylation sites (tertiary alicyclic amines) is 1. The van der Waals surface area contributed by atoms with Crippen LogP contribution in [0.1, 0.15) is 43.7 Å². The van der Waals surface area contributed by atoms with Gasteiger partial charge in [0, 0.05) is 24.5 Å². The van der Waals surface area contributed by atoms with E-state index in [4.69, 9.17) is 21.3 Å². The van der Waals surface area contributed by atoms with Gasteiger partial charge in [0.2, 0.25) is 0 Å². The minimum atomic E-state index is -0.603. The fourth-order valence-electron chi connectivity index (χ4n) is 4.65. The Morgan fingerprint density at radius 3 is 2.78 bits per heavy atom. The maximum absolute atomic E-state index is 14.3. The number of aryl methyl sites for hydroxylation is 1. The Morgan fingerprint density at radius 1 is 1.19 bits per heavy atom. The highest BCUT2D eigenvalue weighted by atomic mass is 35.5. The quantitative estimate of drug-likeness (QED) is 0.304. The van der Waals surface area contributed by atoms with Gasteiger partial charge in [0.1, 0.15) is 11.6 Å². The number of fused-ring (bicyclic) bond motifs is 1. The summed E-state index contributed by atoms with van der Waals surface area (Å²) in [5.41, 5.74) is 3.32. The Labute approximate surface area is 213 Å². The van der Waals surface area contributed by atoms with Gasteiger partial charge in [-0.15, -0.1) is 0 Å². The number of amides is 1. The molecule has 2 aromatic carbocycles. The van der Waals surface area contributed by atoms with Gasteiger partial charge >= 0.3 is 0 Å². The van der Waals surface area contributed by atoms with Crippen LogP contribution in [-0.4, -0.2) is 31.7 Å². The lowest BCUT2D eigenvalue weighted by atomic mass is 10.0. The summed E-state index contributed by atoms with van der Waals surface area (Å²) >= 11 is 5.87. The van der Waals surface area contributed by atoms with E-state index in [9.17, 15) is 9.18 Å². The van der Waals surface area contributed by atoms with Crippen molar-refractivity contribution in [1.82, 2.24) is 19.3 Å². The number of hydrogen-bond donors (Lipinski definition) is 0. The number of hydrogen-bond acceptors (Lipinski definition) is 4. The first-order chi connectivity index (χ1) is 17.5. The predicted molar refractivity (Wildman–Crippen MR) is 136 cm³/mol. The van der Waals surface area contributed by atoms with Gasteiger partial charge in [-0.25, -0.2) is 9.37 Å². The van der Waals surface area contributed by atoms with Crippen molar-refractivity contribution in [3.05, 3.63) is 77.2 Å². The zero-order valence-corrected chi connectivity index (χ0v) is 20.7. The molecule has 0 N–H and O–H groups in total. The number of aromatic nitrogens is 3. The van der Waals surface area contributed by atoms with Crippen LogP contribution < -0.4 is 4.74 Å². The number of carbonyl (C=O) groups is 1. The summed E-state index contributed by atoms with van der Waals surface area (Å²) in [6.07, 6.45) is 6.40. The van der Waals surface area contributed by atoms with Gasteiger partial charge in [0.15, 0.2) is 11.6 Å². The Balaban J connectivity index is 1.54. The van der Waals surface area contributed by atoms with E-state index < -0.39 is 5.82 Å². The number of nitrogens with zero attached hydrogens (tertiary/aromatic N) is 4. The van der Waals surface area contributed by atoms with Gasteiger partial charge in [-0.1, -0.05) is 23.6 Å². The number of carbonyl (C=O) groups excluding carboxylic acids is 1. The number of piperidine rings is 1. The lowest BCUT2D eigenvalue weighted by molar-refractivity contribution is -0.129. The van der Waals surface area contributed by atoms with Crippen molar-refractivity contribution in [2.75, 3.05) is 6.54 Å². The second kappa shape index (κ2) is 10.00. The van der Waals surface area contributed by atoms with Gasteiger partial charge < -0.3 is 9.64 Å². The van der Waals surface area contributed by atoms with E-state index in [1.165, 1.54) is 12.1 Å². The second-order valence-electron chi connectivity index (χ2n) is 8.61. The normalized spacial score (nSPS) is 15.4. The molecular weight excluding hydrogens is 479 g/mol. The van der Waals surface area contributed by atoms with Crippen molar-refractivity contribution in [3.8, 4) is 34.6 Å². The Hall–Kier alpha value is -3.89. The van der Waals surface area contributed by atoms with Crippen molar-refractivity contribution in [3.63, 3.8) is 0 Å². The van der Waals surface area contributed by atoms with Crippen molar-refractivity contribution in [1.29, 1.82) is 0 Å². The van der Waals surface area contributed by atoms with Crippen LogP contribution in [0.25, 0.3) is 16.8 Å². The average molecular weight is 503 g/mol. The Kier molecular flexibility index (Phi) is 6.62. The van der Waals surface area contributed by atoms with Gasteiger partial charge in [-0.05, 0) is 75.4 Å². The van der Waals surface area contributed by atoms with Crippen molar-refractivity contribution in [2.45, 2.75) is 39.2 Å². The lowest BCUT2D eigenvalue weighted by Crippen LogP contribution is -2.38. The highest BCUT2D eigenvalue weighted by Gasteiger charge is 2.31. The first-order valence-electron chi connectivity index (χ1n) is 11.8. The van der Waals surface area contributed by atoms with E-state index in [0.717, 1.165) is 47.6 Å². The van der Waals surface area contributed by atoms with Gasteiger partial charge in [0.25, 0.3) is 5.91 Å². The topological polar surface area (TPSA) is 59.7 Å². The molecule has 0 spiro atoms. The smallest absolute Gasteiger partial charge is 0.299 e. The van der Waals surface area contributed by atoms with Crippen LogP contribution in [0.4, 0.5) is 4.39 Å². The molecule has 0 bridgehead atoms. The van der Waals surface area contributed by atoms with E-state index in [0.29, 0.717) is 12.3 Å². The average Bonchev–Trinajstić information content (AvgIpc) is 3.28. The molecular formula is C28H24ClFN4O2. The van der Waals surface area contributed by atoms with Crippen LogP contribution in [0.3, 0.4) is 0 Å². The molecule has 36 heavy (non-hydrogen) atoms. The van der Waals surface area contributed by atoms with Crippen molar-refractivity contribution in [2.24, 2.45) is 0 Å². The molecule has 0 aliphatic carbocycles. The highest BCUT2D eigenvalue weighted by molar-refractivity contribution is 6.30. The molecule has 4 aromatic rings. The molecule has 1 amide bonds. The molecule has 1 aliphatic heterocycles. The summed E-state index contributed by atoms with van der Waals surface area (Å²) in [7, 11) is 0. The van der Waals surface area contributed by atoms with Gasteiger partial charge in [-0.3, -0.25) is 14.2 Å². The van der Waals surface area contributed by atoms with Crippen LogP contribution >= 0.6 is 11.6 Å². The summed E-state index contributed by atoms with van der Waals surface area (Å²) in [4.78, 5) is 24.1. The molecule has 1 atom stereocenters. The maximum Gasteiger partial charge on any atom is 0.299 e. The highest BCUT2D eigenvalue weighted by Crippen LogP contribution is 2.36. The van der Waals surface area contributed by atoms with E-state index in [2.05, 4.69) is 16.8 Å². The Morgan fingerprint density at radius 2 is 2.00 bits per heavy atom. The predicted octanol–water partition coefficient (Wildman–Crippen LogP) is 6.37. The molecule has 1 fully saturated rings.